The van der Waals surface area contributed by atoms with Gasteiger partial charge in [0.1, 0.15) is 5.69 Å². The zero-order chi connectivity index (χ0) is 16.5. The first-order valence-corrected chi connectivity index (χ1v) is 7.15. The molecule has 0 radical (unpaired) electrons. The fourth-order valence-electron chi connectivity index (χ4n) is 1.62. The Morgan fingerprint density at radius 3 is 2.55 bits per heavy atom. The number of thiazole rings is 1. The van der Waals surface area contributed by atoms with Gasteiger partial charge >= 0.3 is 6.18 Å². The van der Waals surface area contributed by atoms with Crippen molar-refractivity contribution in [1.82, 2.24) is 4.98 Å². The Kier molecular flexibility index (Phi) is 4.78. The van der Waals surface area contributed by atoms with Crippen LogP contribution in [0.25, 0.3) is 0 Å². The molecule has 0 aliphatic heterocycles. The molecule has 0 spiro atoms. The predicted octanol–water partition coefficient (Wildman–Crippen LogP) is 4.99. The van der Waals surface area contributed by atoms with Gasteiger partial charge in [-0.1, -0.05) is 23.2 Å². The zero-order valence-electron chi connectivity index (χ0n) is 10.4. The van der Waals surface area contributed by atoms with Gasteiger partial charge in [-0.15, -0.1) is 11.3 Å². The maximum absolute atomic E-state index is 12.7. The van der Waals surface area contributed by atoms with Crippen LogP contribution in [0.4, 0.5) is 24.5 Å². The molecule has 0 aliphatic rings. The second kappa shape index (κ2) is 6.27. The van der Waals surface area contributed by atoms with Gasteiger partial charge in [0, 0.05) is 17.1 Å². The Labute approximate surface area is 135 Å². The molecular formula is C11H6Cl2F3N3O2S. The normalized spacial score (nSPS) is 11.5. The van der Waals surface area contributed by atoms with Gasteiger partial charge in [0.15, 0.2) is 4.47 Å². The molecule has 2 aromatic rings. The first-order valence-electron chi connectivity index (χ1n) is 5.57. The molecule has 1 aromatic carbocycles. The van der Waals surface area contributed by atoms with Crippen molar-refractivity contribution in [3.63, 3.8) is 0 Å². The van der Waals surface area contributed by atoms with Gasteiger partial charge in [-0.2, -0.15) is 13.2 Å². The molecule has 11 heteroatoms. The number of nitro groups is 1. The average molecular weight is 372 g/mol. The largest absolute Gasteiger partial charge is 0.416 e. The lowest BCUT2D eigenvalue weighted by molar-refractivity contribution is -0.384. The van der Waals surface area contributed by atoms with E-state index in [0.717, 1.165) is 11.3 Å². The number of aromatic nitrogens is 1. The van der Waals surface area contributed by atoms with Crippen molar-refractivity contribution < 1.29 is 18.1 Å². The second-order valence-corrected chi connectivity index (χ2v) is 6.14. The smallest absolute Gasteiger partial charge is 0.373 e. The van der Waals surface area contributed by atoms with Crippen LogP contribution in [-0.2, 0) is 12.7 Å². The summed E-state index contributed by atoms with van der Waals surface area (Å²) in [5.74, 6) is 0. The summed E-state index contributed by atoms with van der Waals surface area (Å²) in [6.45, 7) is 0.0936. The molecule has 0 bridgehead atoms. The zero-order valence-corrected chi connectivity index (χ0v) is 12.8. The Morgan fingerprint density at radius 1 is 1.36 bits per heavy atom. The summed E-state index contributed by atoms with van der Waals surface area (Å²) < 4.78 is 38.3. The predicted molar refractivity (Wildman–Crippen MR) is 77.6 cm³/mol. The molecule has 0 amide bonds. The van der Waals surface area contributed by atoms with E-state index in [9.17, 15) is 23.3 Å². The minimum absolute atomic E-state index is 0.0936. The van der Waals surface area contributed by atoms with Crippen molar-refractivity contribution in [1.29, 1.82) is 0 Å². The van der Waals surface area contributed by atoms with Crippen LogP contribution in [0.1, 0.15) is 10.4 Å². The summed E-state index contributed by atoms with van der Waals surface area (Å²) >= 11 is 12.5. The second-order valence-electron chi connectivity index (χ2n) is 4.04. The highest BCUT2D eigenvalue weighted by atomic mass is 35.5. The molecule has 0 fully saturated rings. The van der Waals surface area contributed by atoms with Crippen molar-refractivity contribution >= 4 is 45.9 Å². The lowest BCUT2D eigenvalue weighted by Gasteiger charge is -2.12. The molecule has 118 valence electrons. The summed E-state index contributed by atoms with van der Waals surface area (Å²) in [7, 11) is 0. The third kappa shape index (κ3) is 3.79. The van der Waals surface area contributed by atoms with E-state index < -0.39 is 27.4 Å². The summed E-state index contributed by atoms with van der Waals surface area (Å²) in [5, 5.41) is 13.2. The van der Waals surface area contributed by atoms with Gasteiger partial charge in [0.2, 0.25) is 0 Å². The molecule has 0 atom stereocenters. The quantitative estimate of drug-likeness (QED) is 0.607. The first kappa shape index (κ1) is 16.8. The number of benzene rings is 1. The Hall–Kier alpha value is -1.58. The average Bonchev–Trinajstić information content (AvgIpc) is 2.81. The molecule has 22 heavy (non-hydrogen) atoms. The standard InChI is InChI=1S/C11H6Cl2F3N3O2S/c12-7-1-5(11(14,15)16)2-8(19(20)21)9(7)17-3-6-4-18-10(13)22-6/h1-2,4,17H,3H2. The van der Waals surface area contributed by atoms with Crippen LogP contribution in [0.2, 0.25) is 9.49 Å². The van der Waals surface area contributed by atoms with Crippen LogP contribution in [0.3, 0.4) is 0 Å². The van der Waals surface area contributed by atoms with Gasteiger partial charge in [-0.3, -0.25) is 10.1 Å². The number of nitrogens with zero attached hydrogens (tertiary/aromatic N) is 2. The van der Waals surface area contributed by atoms with Crippen molar-refractivity contribution in [3.05, 3.63) is 48.4 Å². The first-order chi connectivity index (χ1) is 10.2. The number of hydrogen-bond donors (Lipinski definition) is 1. The molecule has 1 N–H and O–H groups in total. The fourth-order valence-corrected chi connectivity index (χ4v) is 2.81. The molecule has 0 aliphatic carbocycles. The van der Waals surface area contributed by atoms with Gasteiger partial charge in [-0.05, 0) is 6.07 Å². The van der Waals surface area contributed by atoms with E-state index in [1.807, 2.05) is 0 Å². The highest BCUT2D eigenvalue weighted by Crippen LogP contribution is 2.40. The van der Waals surface area contributed by atoms with Gasteiger partial charge < -0.3 is 5.32 Å². The molecular weight excluding hydrogens is 366 g/mol. The van der Waals surface area contributed by atoms with Crippen LogP contribution in [0.5, 0.6) is 0 Å². The van der Waals surface area contributed by atoms with Crippen LogP contribution >= 0.6 is 34.5 Å². The highest BCUT2D eigenvalue weighted by molar-refractivity contribution is 7.15. The van der Waals surface area contributed by atoms with E-state index in [-0.39, 0.29) is 16.7 Å². The van der Waals surface area contributed by atoms with E-state index in [1.165, 1.54) is 6.20 Å². The summed E-state index contributed by atoms with van der Waals surface area (Å²) in [4.78, 5) is 14.5. The number of anilines is 1. The number of alkyl halides is 3. The summed E-state index contributed by atoms with van der Waals surface area (Å²) in [6, 6.07) is 1.07. The Balaban J connectivity index is 2.35. The van der Waals surface area contributed by atoms with Crippen LogP contribution < -0.4 is 5.32 Å². The molecule has 2 rings (SSSR count). The molecule has 1 heterocycles. The Morgan fingerprint density at radius 2 is 2.05 bits per heavy atom. The maximum atomic E-state index is 12.7. The third-order valence-electron chi connectivity index (χ3n) is 2.56. The minimum Gasteiger partial charge on any atom is -0.373 e. The van der Waals surface area contributed by atoms with Crippen molar-refractivity contribution in [3.8, 4) is 0 Å². The molecule has 0 saturated carbocycles. The molecule has 0 unspecified atom stereocenters. The van der Waals surface area contributed by atoms with Crippen LogP contribution in [0.15, 0.2) is 18.3 Å². The van der Waals surface area contributed by atoms with Crippen molar-refractivity contribution in [2.45, 2.75) is 12.7 Å². The Bertz CT molecular complexity index is 721. The molecule has 1 aromatic heterocycles. The van der Waals surface area contributed by atoms with Crippen LogP contribution in [0, 0.1) is 10.1 Å². The summed E-state index contributed by atoms with van der Waals surface area (Å²) in [5.41, 5.74) is -2.13. The number of nitrogens with one attached hydrogen (secondary N) is 1. The van der Waals surface area contributed by atoms with Gasteiger partial charge in [0.05, 0.1) is 22.1 Å². The van der Waals surface area contributed by atoms with Crippen molar-refractivity contribution in [2.75, 3.05) is 5.32 Å². The van der Waals surface area contributed by atoms with Crippen LogP contribution in [-0.4, -0.2) is 9.91 Å². The highest BCUT2D eigenvalue weighted by Gasteiger charge is 2.34. The van der Waals surface area contributed by atoms with E-state index >= 15 is 0 Å². The van der Waals surface area contributed by atoms with E-state index in [1.54, 1.807) is 0 Å². The van der Waals surface area contributed by atoms with Gasteiger partial charge in [-0.25, -0.2) is 4.98 Å². The monoisotopic (exact) mass is 371 g/mol. The van der Waals surface area contributed by atoms with E-state index in [4.69, 9.17) is 23.2 Å². The lowest BCUT2D eigenvalue weighted by atomic mass is 10.1. The number of halogens is 5. The SMILES string of the molecule is O=[N+]([O-])c1cc(C(F)(F)F)cc(Cl)c1NCc1cnc(Cl)s1. The molecule has 5 nitrogen and oxygen atoms in total. The number of rotatable bonds is 4. The number of nitro benzene ring substituents is 1. The minimum atomic E-state index is -4.72. The third-order valence-corrected chi connectivity index (χ3v) is 3.97. The molecule has 0 saturated heterocycles. The van der Waals surface area contributed by atoms with E-state index in [2.05, 4.69) is 10.3 Å². The van der Waals surface area contributed by atoms with Gasteiger partial charge in [0.25, 0.3) is 5.69 Å². The topological polar surface area (TPSA) is 68.1 Å². The maximum Gasteiger partial charge on any atom is 0.416 e. The van der Waals surface area contributed by atoms with Crippen molar-refractivity contribution in [2.24, 2.45) is 0 Å². The fraction of sp³-hybridized carbons (Fsp3) is 0.182. The summed E-state index contributed by atoms with van der Waals surface area (Å²) in [6.07, 6.45) is -3.28. The van der Waals surface area contributed by atoms with E-state index in [0.29, 0.717) is 17.0 Å². The number of hydrogen-bond acceptors (Lipinski definition) is 5. The lowest BCUT2D eigenvalue weighted by Crippen LogP contribution is -2.08.